The van der Waals surface area contributed by atoms with Gasteiger partial charge in [0.25, 0.3) is 0 Å². The summed E-state index contributed by atoms with van der Waals surface area (Å²) in [4.78, 5) is 218. The summed E-state index contributed by atoms with van der Waals surface area (Å²) in [5, 5.41) is 69.0. The van der Waals surface area contributed by atoms with Gasteiger partial charge >= 0.3 is 23.9 Å². The molecule has 24 N–H and O–H groups in total. The number of rotatable bonds is 53. The lowest BCUT2D eigenvalue weighted by atomic mass is 9.98. The van der Waals surface area contributed by atoms with Crippen LogP contribution in [-0.2, 0) is 83.3 Å². The number of carboxylic acid groups (broad SMARTS) is 4. The first-order valence-electron chi connectivity index (χ1n) is 34.8. The molecule has 0 aliphatic heterocycles. The molecule has 1 rings (SSSR count). The SMILES string of the molecule is CCCC[C@H](NC(=O)[C@H](CCC(N)=O)NC(=O)[C@H](CCCCN)NC(=O)C(C)(C)NC(=O)[C@H](CC(C)C)NC(=O)[C@H](CC(=O)O)NCc1ccccc1)C(=O)N[C@@H](CCC(=O)O)C(=O)N[C@@H](CCC(=O)O)C(=O)N[C@@H](CCC(=O)O)C(=O)N[C@@H](C)C(=O)N[C@H](C(=O)N[C@@H](C)CCCN=C(N)N)C(C)C. The van der Waals surface area contributed by atoms with E-state index >= 15 is 0 Å². The second-order valence-electron chi connectivity index (χ2n) is 26.7. The van der Waals surface area contributed by atoms with Crippen molar-refractivity contribution < 1.29 is 97.1 Å². The van der Waals surface area contributed by atoms with E-state index in [0.717, 1.165) is 5.56 Å². The van der Waals surface area contributed by atoms with Crippen LogP contribution in [0.25, 0.3) is 0 Å². The lowest BCUT2D eigenvalue weighted by Gasteiger charge is -2.31. The van der Waals surface area contributed by atoms with Gasteiger partial charge in [0.2, 0.25) is 70.9 Å². The minimum Gasteiger partial charge on any atom is -0.481 e. The molecule has 0 aliphatic carbocycles. The quantitative estimate of drug-likeness (QED) is 0.0180. The second-order valence-corrected chi connectivity index (χ2v) is 26.7. The average molecular weight is 1470 g/mol. The van der Waals surface area contributed by atoms with Crippen molar-refractivity contribution in [3.8, 4) is 0 Å². The molecule has 37 heteroatoms. The van der Waals surface area contributed by atoms with Crippen LogP contribution in [0.5, 0.6) is 0 Å². The Morgan fingerprint density at radius 2 is 0.885 bits per heavy atom. The molecule has 0 aliphatic rings. The van der Waals surface area contributed by atoms with Gasteiger partial charge < -0.3 is 107 Å². The molecule has 0 aromatic heterocycles. The number of aliphatic imine (C=N–C) groups is 1. The third-order valence-electron chi connectivity index (χ3n) is 16.1. The minimum atomic E-state index is -1.90. The number of primary amides is 1. The maximum absolute atomic E-state index is 14.4. The summed E-state index contributed by atoms with van der Waals surface area (Å²) in [5.74, 6) is -18.3. The molecule has 0 unspecified atom stereocenters. The first kappa shape index (κ1) is 91.9. The fourth-order valence-electron chi connectivity index (χ4n) is 10.2. The van der Waals surface area contributed by atoms with Gasteiger partial charge in [-0.3, -0.25) is 81.7 Å². The Hall–Kier alpha value is -10.1. The number of nitrogens with one attached hydrogen (secondary N) is 12. The van der Waals surface area contributed by atoms with E-state index in [1.165, 1.54) is 20.8 Å². The van der Waals surface area contributed by atoms with Crippen LogP contribution in [0.2, 0.25) is 0 Å². The van der Waals surface area contributed by atoms with Crippen LogP contribution < -0.4 is 86.7 Å². The summed E-state index contributed by atoms with van der Waals surface area (Å²) in [7, 11) is 0. The Balaban J connectivity index is 3.58. The molecule has 1 aromatic rings. The molecule has 0 fully saturated rings. The topological polar surface area (TPSA) is 615 Å². The molecule has 104 heavy (non-hydrogen) atoms. The largest absolute Gasteiger partial charge is 0.481 e. The van der Waals surface area contributed by atoms with E-state index in [9.17, 15) is 97.1 Å². The maximum atomic E-state index is 14.4. The first-order chi connectivity index (χ1) is 48.7. The maximum Gasteiger partial charge on any atom is 0.305 e. The monoisotopic (exact) mass is 1470 g/mol. The standard InChI is InChI=1S/C67H111N17O20/c1-10-11-21-41(76-59(98)43(23-27-49(69)85)77-58(97)42(22-15-16-31-68)82-65(104)67(8,9)84-63(102)48(33-36(2)3)81-62(101)47(34-53(92)93)73-35-40-19-13-12-14-20-40)57(96)79-45(25-29-51(88)89)61(100)80-46(26-30-52(90)91)60(99)78-44(24-28-50(86)87)56(95)75-39(7)55(94)83-54(37(4)5)64(103)74-38(6)18-17-32-72-66(70)71/h12-14,19-20,36-39,41-48,54,73H,10-11,15-18,21-35,68H2,1-9H3,(H2,69,85)(H,74,103)(H,75,95)(H,76,98)(H,77,97)(H,78,99)(H,79,96)(H,80,100)(H,81,101)(H,82,104)(H,83,94)(H,84,102)(H,86,87)(H,88,89)(H,90,91)(H,92,93)(H4,70,71,72)/t38-,39-,41-,42-,43-,44-,45-,46-,47-,48-,54-/m0/s1. The molecule has 0 bridgehead atoms. The number of carboxylic acids is 4. The summed E-state index contributed by atoms with van der Waals surface area (Å²) in [6, 6.07) is -6.97. The number of nitrogens with two attached hydrogens (primary N) is 4. The van der Waals surface area contributed by atoms with Gasteiger partial charge in [0.15, 0.2) is 5.96 Å². The molecule has 37 nitrogen and oxygen atoms in total. The predicted molar refractivity (Wildman–Crippen MR) is 378 cm³/mol. The fourth-order valence-corrected chi connectivity index (χ4v) is 10.2. The molecular formula is C67H111N17O20. The highest BCUT2D eigenvalue weighted by Crippen LogP contribution is 2.15. The van der Waals surface area contributed by atoms with Crippen molar-refractivity contribution in [3.63, 3.8) is 0 Å². The second kappa shape index (κ2) is 48.0. The Kier molecular flexibility index (Phi) is 42.4. The van der Waals surface area contributed by atoms with E-state index in [2.05, 4.69) is 68.8 Å². The molecule has 11 atom stereocenters. The van der Waals surface area contributed by atoms with Gasteiger partial charge in [-0.25, -0.2) is 0 Å². The lowest BCUT2D eigenvalue weighted by molar-refractivity contribution is -0.141. The number of carbonyl (C=O) groups is 16. The smallest absolute Gasteiger partial charge is 0.305 e. The summed E-state index contributed by atoms with van der Waals surface area (Å²) in [6.45, 7) is 14.7. The number of nitrogens with zero attached hydrogens (tertiary/aromatic N) is 1. The van der Waals surface area contributed by atoms with Gasteiger partial charge in [0.1, 0.15) is 59.9 Å². The van der Waals surface area contributed by atoms with Crippen LogP contribution in [-0.4, -0.2) is 206 Å². The molecular weight excluding hydrogens is 1360 g/mol. The number of hydrogen-bond donors (Lipinski definition) is 20. The Morgan fingerprint density at radius 3 is 1.31 bits per heavy atom. The van der Waals surface area contributed by atoms with Crippen LogP contribution in [0.4, 0.5) is 0 Å². The Morgan fingerprint density at radius 1 is 0.452 bits per heavy atom. The molecule has 1 aromatic carbocycles. The van der Waals surface area contributed by atoms with E-state index in [1.54, 1.807) is 71.9 Å². The third-order valence-corrected chi connectivity index (χ3v) is 16.1. The number of guanidine groups is 1. The zero-order chi connectivity index (χ0) is 79.0. The van der Waals surface area contributed by atoms with Crippen molar-refractivity contribution in [1.82, 2.24) is 63.8 Å². The minimum absolute atomic E-state index is 0.0423. The fraction of sp³-hybridized carbons (Fsp3) is 0.657. The highest BCUT2D eigenvalue weighted by molar-refractivity contribution is 6.00. The van der Waals surface area contributed by atoms with Gasteiger partial charge in [0, 0.05) is 44.8 Å². The van der Waals surface area contributed by atoms with E-state index in [0.29, 0.717) is 32.2 Å². The van der Waals surface area contributed by atoms with Crippen molar-refractivity contribution in [2.24, 2.45) is 39.8 Å². The Bertz CT molecular complexity index is 3100. The number of unbranched alkanes of at least 4 members (excludes halogenated alkanes) is 2. The predicted octanol–water partition coefficient (Wildman–Crippen LogP) is -2.66. The molecule has 0 saturated carbocycles. The van der Waals surface area contributed by atoms with Gasteiger partial charge in [-0.1, -0.05) is 77.8 Å². The molecule has 0 heterocycles. The molecule has 12 amide bonds. The normalized spacial score (nSPS) is 14.4. The van der Waals surface area contributed by atoms with Gasteiger partial charge in [-0.05, 0) is 122 Å². The number of benzene rings is 1. The Labute approximate surface area is 604 Å². The van der Waals surface area contributed by atoms with Crippen molar-refractivity contribution >= 4 is 101 Å². The van der Waals surface area contributed by atoms with Crippen molar-refractivity contribution in [2.75, 3.05) is 13.1 Å². The number of aliphatic carboxylic acids is 4. The molecule has 0 spiro atoms. The average Bonchev–Trinajstić information content (AvgIpc) is 0.843. The third kappa shape index (κ3) is 37.7. The van der Waals surface area contributed by atoms with Crippen molar-refractivity contribution in [2.45, 2.75) is 256 Å². The van der Waals surface area contributed by atoms with Crippen LogP contribution in [0.1, 0.15) is 183 Å². The summed E-state index contributed by atoms with van der Waals surface area (Å²) < 4.78 is 0. The number of hydrogen-bond acceptors (Lipinski definition) is 19. The first-order valence-corrected chi connectivity index (χ1v) is 34.8. The number of carbonyl (C=O) groups excluding carboxylic acids is 12. The molecule has 0 radical (unpaired) electrons. The zero-order valence-electron chi connectivity index (χ0n) is 60.8. The van der Waals surface area contributed by atoms with E-state index in [-0.39, 0.29) is 63.1 Å². The van der Waals surface area contributed by atoms with E-state index in [4.69, 9.17) is 22.9 Å². The number of amides is 12. The molecule has 584 valence electrons. The zero-order valence-corrected chi connectivity index (χ0v) is 60.8. The van der Waals surface area contributed by atoms with Crippen LogP contribution in [0, 0.1) is 11.8 Å². The van der Waals surface area contributed by atoms with Crippen molar-refractivity contribution in [1.29, 1.82) is 0 Å². The summed E-state index contributed by atoms with van der Waals surface area (Å²) in [5.41, 5.74) is 20.9. The van der Waals surface area contributed by atoms with Gasteiger partial charge in [-0.15, -0.1) is 0 Å². The van der Waals surface area contributed by atoms with Crippen molar-refractivity contribution in [3.05, 3.63) is 35.9 Å². The van der Waals surface area contributed by atoms with Gasteiger partial charge in [-0.2, -0.15) is 0 Å². The van der Waals surface area contributed by atoms with E-state index < -0.39 is 224 Å². The van der Waals surface area contributed by atoms with Crippen LogP contribution >= 0.6 is 0 Å². The highest BCUT2D eigenvalue weighted by Gasteiger charge is 2.39. The summed E-state index contributed by atoms with van der Waals surface area (Å²) >= 11 is 0. The lowest BCUT2D eigenvalue weighted by Crippen LogP contribution is -2.63. The molecule has 0 saturated heterocycles. The van der Waals surface area contributed by atoms with Crippen LogP contribution in [0.3, 0.4) is 0 Å². The van der Waals surface area contributed by atoms with E-state index in [1.807, 2.05) is 0 Å². The highest BCUT2D eigenvalue weighted by atomic mass is 16.4. The van der Waals surface area contributed by atoms with Gasteiger partial charge in [0.05, 0.1) is 12.5 Å². The summed E-state index contributed by atoms with van der Waals surface area (Å²) in [6.07, 6.45) is -4.12. The van der Waals surface area contributed by atoms with Crippen LogP contribution in [0.15, 0.2) is 35.3 Å².